The van der Waals surface area contributed by atoms with Crippen molar-refractivity contribution in [1.29, 1.82) is 0 Å². The number of para-hydroxylation sites is 3. The van der Waals surface area contributed by atoms with E-state index in [2.05, 4.69) is 120 Å². The van der Waals surface area contributed by atoms with Gasteiger partial charge in [-0.05, 0) is 46.5 Å². The second-order valence-electron chi connectivity index (χ2n) is 8.59. The second kappa shape index (κ2) is 7.50. The Balaban J connectivity index is 1.61. The van der Waals surface area contributed by atoms with Crippen LogP contribution in [-0.2, 0) is 0 Å². The molecule has 0 aliphatic rings. The van der Waals surface area contributed by atoms with Gasteiger partial charge in [0.2, 0.25) is 0 Å². The zero-order valence-electron chi connectivity index (χ0n) is 18.5. The van der Waals surface area contributed by atoms with E-state index in [4.69, 9.17) is 4.42 Å². The van der Waals surface area contributed by atoms with E-state index in [1.165, 1.54) is 21.5 Å². The van der Waals surface area contributed by atoms with E-state index in [0.29, 0.717) is 0 Å². The third-order valence-corrected chi connectivity index (χ3v) is 6.63. The number of fused-ring (bicyclic) bond motifs is 6. The standard InChI is InChI=1S/C32H21NO/c1-2-12-23(13-3-1)33(29-19-10-18-28-27-17-8-9-20-31(27)34-32(28)29)30-21-22-11-4-5-14-24(22)25-15-6-7-16-26(25)30/h1-21H. The molecule has 0 spiro atoms. The number of nitrogens with zero attached hydrogens (tertiary/aromatic N) is 1. The van der Waals surface area contributed by atoms with Crippen LogP contribution in [0.15, 0.2) is 132 Å². The molecule has 7 rings (SSSR count). The molecule has 0 saturated heterocycles. The van der Waals surface area contributed by atoms with E-state index in [0.717, 1.165) is 39.0 Å². The fourth-order valence-corrected chi connectivity index (χ4v) is 5.11. The molecule has 0 fully saturated rings. The molecule has 1 aromatic heterocycles. The van der Waals surface area contributed by atoms with Gasteiger partial charge in [0, 0.05) is 21.8 Å². The summed E-state index contributed by atoms with van der Waals surface area (Å²) in [7, 11) is 0. The maximum Gasteiger partial charge on any atom is 0.159 e. The van der Waals surface area contributed by atoms with E-state index in [1.54, 1.807) is 0 Å². The summed E-state index contributed by atoms with van der Waals surface area (Å²) in [6, 6.07) is 44.8. The first-order valence-electron chi connectivity index (χ1n) is 11.5. The van der Waals surface area contributed by atoms with E-state index in [1.807, 2.05) is 12.1 Å². The molecule has 0 aliphatic carbocycles. The van der Waals surface area contributed by atoms with Gasteiger partial charge in [-0.15, -0.1) is 0 Å². The molecule has 160 valence electrons. The van der Waals surface area contributed by atoms with Crippen molar-refractivity contribution in [3.05, 3.63) is 127 Å². The average Bonchev–Trinajstić information content (AvgIpc) is 3.29. The molecule has 6 aromatic carbocycles. The minimum atomic E-state index is 0.893. The number of benzene rings is 6. The van der Waals surface area contributed by atoms with Crippen molar-refractivity contribution in [3.8, 4) is 0 Å². The Labute approximate surface area is 197 Å². The van der Waals surface area contributed by atoms with Gasteiger partial charge in [0.1, 0.15) is 5.58 Å². The molecule has 2 nitrogen and oxygen atoms in total. The van der Waals surface area contributed by atoms with Crippen molar-refractivity contribution in [2.45, 2.75) is 0 Å². The van der Waals surface area contributed by atoms with Crippen molar-refractivity contribution in [3.63, 3.8) is 0 Å². The lowest BCUT2D eigenvalue weighted by Gasteiger charge is -2.27. The third-order valence-electron chi connectivity index (χ3n) is 6.63. The lowest BCUT2D eigenvalue weighted by atomic mass is 9.99. The largest absolute Gasteiger partial charge is 0.454 e. The van der Waals surface area contributed by atoms with Crippen LogP contribution in [0.2, 0.25) is 0 Å². The first-order chi connectivity index (χ1) is 16.9. The highest BCUT2D eigenvalue weighted by Gasteiger charge is 2.21. The van der Waals surface area contributed by atoms with Gasteiger partial charge in [-0.3, -0.25) is 0 Å². The number of hydrogen-bond donors (Lipinski definition) is 0. The second-order valence-corrected chi connectivity index (χ2v) is 8.59. The Morgan fingerprint density at radius 3 is 1.94 bits per heavy atom. The van der Waals surface area contributed by atoms with Crippen LogP contribution in [0.1, 0.15) is 0 Å². The Kier molecular flexibility index (Phi) is 4.18. The minimum Gasteiger partial charge on any atom is -0.454 e. The van der Waals surface area contributed by atoms with Crippen molar-refractivity contribution < 1.29 is 4.42 Å². The van der Waals surface area contributed by atoms with Gasteiger partial charge in [-0.2, -0.15) is 0 Å². The molecule has 1 heterocycles. The first-order valence-corrected chi connectivity index (χ1v) is 11.5. The summed E-state index contributed by atoms with van der Waals surface area (Å²) >= 11 is 0. The molecule has 0 atom stereocenters. The number of anilines is 3. The zero-order chi connectivity index (χ0) is 22.5. The number of rotatable bonds is 3. The van der Waals surface area contributed by atoms with Crippen molar-refractivity contribution in [2.24, 2.45) is 0 Å². The van der Waals surface area contributed by atoms with Gasteiger partial charge < -0.3 is 9.32 Å². The highest BCUT2D eigenvalue weighted by Crippen LogP contribution is 2.45. The monoisotopic (exact) mass is 435 g/mol. The van der Waals surface area contributed by atoms with Crippen LogP contribution >= 0.6 is 0 Å². The Morgan fingerprint density at radius 2 is 1.09 bits per heavy atom. The summed E-state index contributed by atoms with van der Waals surface area (Å²) in [6.45, 7) is 0. The van der Waals surface area contributed by atoms with E-state index in [9.17, 15) is 0 Å². The van der Waals surface area contributed by atoms with Gasteiger partial charge in [0.25, 0.3) is 0 Å². The van der Waals surface area contributed by atoms with Crippen LogP contribution in [-0.4, -0.2) is 0 Å². The van der Waals surface area contributed by atoms with Crippen LogP contribution < -0.4 is 4.90 Å². The average molecular weight is 436 g/mol. The van der Waals surface area contributed by atoms with Crippen molar-refractivity contribution >= 4 is 60.5 Å². The van der Waals surface area contributed by atoms with Crippen LogP contribution in [0, 0.1) is 0 Å². The molecule has 7 aromatic rings. The minimum absolute atomic E-state index is 0.893. The van der Waals surface area contributed by atoms with Crippen LogP contribution in [0.5, 0.6) is 0 Å². The molecular weight excluding hydrogens is 414 g/mol. The number of hydrogen-bond acceptors (Lipinski definition) is 2. The molecule has 34 heavy (non-hydrogen) atoms. The molecule has 0 unspecified atom stereocenters. The summed E-state index contributed by atoms with van der Waals surface area (Å²) in [4.78, 5) is 2.33. The van der Waals surface area contributed by atoms with Crippen LogP contribution in [0.4, 0.5) is 17.1 Å². The van der Waals surface area contributed by atoms with Gasteiger partial charge >= 0.3 is 0 Å². The fourth-order valence-electron chi connectivity index (χ4n) is 5.11. The van der Waals surface area contributed by atoms with Gasteiger partial charge in [-0.25, -0.2) is 0 Å². The predicted octanol–water partition coefficient (Wildman–Crippen LogP) is 9.36. The van der Waals surface area contributed by atoms with E-state index in [-0.39, 0.29) is 0 Å². The molecule has 0 amide bonds. The smallest absolute Gasteiger partial charge is 0.159 e. The van der Waals surface area contributed by atoms with Crippen molar-refractivity contribution in [2.75, 3.05) is 4.90 Å². The fraction of sp³-hybridized carbons (Fsp3) is 0. The normalized spacial score (nSPS) is 11.5. The highest BCUT2D eigenvalue weighted by atomic mass is 16.3. The maximum absolute atomic E-state index is 6.47. The molecule has 0 N–H and O–H groups in total. The summed E-state index contributed by atoms with van der Waals surface area (Å²) in [5, 5.41) is 7.19. The first kappa shape index (κ1) is 19.0. The molecule has 0 bridgehead atoms. The predicted molar refractivity (Wildman–Crippen MR) is 143 cm³/mol. The maximum atomic E-state index is 6.47. The van der Waals surface area contributed by atoms with Crippen LogP contribution in [0.25, 0.3) is 43.5 Å². The molecule has 0 radical (unpaired) electrons. The van der Waals surface area contributed by atoms with Crippen LogP contribution in [0.3, 0.4) is 0 Å². The molecule has 0 saturated carbocycles. The Bertz CT molecular complexity index is 1810. The molecule has 0 aliphatic heterocycles. The lowest BCUT2D eigenvalue weighted by Crippen LogP contribution is -2.10. The Hall–Kier alpha value is -4.56. The summed E-state index contributed by atoms with van der Waals surface area (Å²) in [5.41, 5.74) is 5.05. The van der Waals surface area contributed by atoms with Gasteiger partial charge in [0.05, 0.1) is 11.4 Å². The Morgan fingerprint density at radius 1 is 0.441 bits per heavy atom. The zero-order valence-corrected chi connectivity index (χ0v) is 18.5. The molecular formula is C32H21NO. The van der Waals surface area contributed by atoms with E-state index >= 15 is 0 Å². The lowest BCUT2D eigenvalue weighted by molar-refractivity contribution is 0.669. The molecule has 2 heteroatoms. The van der Waals surface area contributed by atoms with Gasteiger partial charge in [0.15, 0.2) is 5.58 Å². The van der Waals surface area contributed by atoms with E-state index < -0.39 is 0 Å². The summed E-state index contributed by atoms with van der Waals surface area (Å²) in [6.07, 6.45) is 0. The van der Waals surface area contributed by atoms with Crippen molar-refractivity contribution in [1.82, 2.24) is 0 Å². The number of furan rings is 1. The summed E-state index contributed by atoms with van der Waals surface area (Å²) in [5.74, 6) is 0. The highest BCUT2D eigenvalue weighted by molar-refractivity contribution is 6.16. The topological polar surface area (TPSA) is 16.4 Å². The quantitative estimate of drug-likeness (QED) is 0.257. The van der Waals surface area contributed by atoms with Gasteiger partial charge in [-0.1, -0.05) is 97.1 Å². The summed E-state index contributed by atoms with van der Waals surface area (Å²) < 4.78 is 6.47. The third kappa shape index (κ3) is 2.82. The SMILES string of the molecule is c1ccc(N(c2cc3ccccc3c3ccccc23)c2cccc3c2oc2ccccc23)cc1.